The minimum atomic E-state index is -4.44. The van der Waals surface area contributed by atoms with Crippen molar-refractivity contribution in [3.8, 4) is 0 Å². The summed E-state index contributed by atoms with van der Waals surface area (Å²) in [6, 6.07) is -0.0750. The fourth-order valence-corrected chi connectivity index (χ4v) is 2.20. The lowest BCUT2D eigenvalue weighted by Gasteiger charge is -2.16. The predicted molar refractivity (Wildman–Crippen MR) is 73.7 cm³/mol. The van der Waals surface area contributed by atoms with E-state index >= 15 is 0 Å². The third-order valence-corrected chi connectivity index (χ3v) is 3.29. The van der Waals surface area contributed by atoms with Gasteiger partial charge in [-0.15, -0.1) is 23.7 Å². The number of thiazole rings is 1. The van der Waals surface area contributed by atoms with Gasteiger partial charge in [-0.05, 0) is 13.3 Å². The van der Waals surface area contributed by atoms with E-state index in [4.69, 9.17) is 5.73 Å². The van der Waals surface area contributed by atoms with Crippen LogP contribution in [0.5, 0.6) is 0 Å². The molecule has 116 valence electrons. The Kier molecular flexibility index (Phi) is 7.46. The molecule has 1 aromatic rings. The van der Waals surface area contributed by atoms with Gasteiger partial charge in [0.15, 0.2) is 5.69 Å². The molecule has 1 atom stereocenters. The molecule has 4 nitrogen and oxygen atoms in total. The first-order valence-electron chi connectivity index (χ1n) is 5.71. The first-order valence-corrected chi connectivity index (χ1v) is 6.59. The molecule has 0 saturated carbocycles. The molecule has 1 heterocycles. The van der Waals surface area contributed by atoms with Crippen LogP contribution in [0.1, 0.15) is 30.5 Å². The van der Waals surface area contributed by atoms with Crippen LogP contribution >= 0.6 is 23.7 Å². The number of halogens is 4. The molecule has 1 rings (SSSR count). The number of nitrogens with two attached hydrogens (primary N) is 1. The maximum Gasteiger partial charge on any atom is 0.434 e. The van der Waals surface area contributed by atoms with Crippen LogP contribution in [-0.4, -0.2) is 28.9 Å². The van der Waals surface area contributed by atoms with Crippen LogP contribution < -0.4 is 5.73 Å². The zero-order chi connectivity index (χ0) is 14.6. The van der Waals surface area contributed by atoms with E-state index in [0.29, 0.717) is 6.42 Å². The van der Waals surface area contributed by atoms with Crippen molar-refractivity contribution >= 4 is 29.7 Å². The topological polar surface area (TPSA) is 59.2 Å². The van der Waals surface area contributed by atoms with E-state index in [-0.39, 0.29) is 42.3 Å². The zero-order valence-corrected chi connectivity index (χ0v) is 12.7. The van der Waals surface area contributed by atoms with Crippen molar-refractivity contribution in [3.63, 3.8) is 0 Å². The number of carbonyl (C=O) groups is 1. The maximum absolute atomic E-state index is 12.4. The number of carbonyl (C=O) groups excluding carboxylic acids is 1. The normalized spacial score (nSPS) is 12.7. The zero-order valence-electron chi connectivity index (χ0n) is 11.1. The second kappa shape index (κ2) is 7.80. The Morgan fingerprint density at radius 1 is 1.55 bits per heavy atom. The minimum Gasteiger partial charge on any atom is -0.339 e. The van der Waals surface area contributed by atoms with Crippen molar-refractivity contribution in [1.82, 2.24) is 9.88 Å². The number of hydrogen-bond donors (Lipinski definition) is 1. The molecule has 9 heteroatoms. The number of rotatable bonds is 5. The standard InChI is InChI=1S/C11H16F3N3OS.ClH/c1-7(15)3-4-10(18)17(2)5-9-16-8(6-19-9)11(12,13)14;/h6-7H,3-5,15H2,1-2H3;1H. The van der Waals surface area contributed by atoms with Gasteiger partial charge in [0, 0.05) is 24.9 Å². The first-order chi connectivity index (χ1) is 8.70. The molecular formula is C11H17ClF3N3OS. The fraction of sp³-hybridized carbons (Fsp3) is 0.636. The van der Waals surface area contributed by atoms with Crippen LogP contribution in [-0.2, 0) is 17.5 Å². The molecule has 20 heavy (non-hydrogen) atoms. The van der Waals surface area contributed by atoms with Gasteiger partial charge in [-0.3, -0.25) is 4.79 Å². The van der Waals surface area contributed by atoms with Crippen molar-refractivity contribution in [3.05, 3.63) is 16.1 Å². The number of hydrogen-bond acceptors (Lipinski definition) is 4. The second-order valence-corrected chi connectivity index (χ2v) is 5.33. The summed E-state index contributed by atoms with van der Waals surface area (Å²) in [6.07, 6.45) is -3.60. The van der Waals surface area contributed by atoms with E-state index in [2.05, 4.69) is 4.98 Å². The summed E-state index contributed by atoms with van der Waals surface area (Å²) in [5.74, 6) is -0.152. The lowest BCUT2D eigenvalue weighted by molar-refractivity contribution is -0.140. The summed E-state index contributed by atoms with van der Waals surface area (Å²) < 4.78 is 37.1. The number of aromatic nitrogens is 1. The lowest BCUT2D eigenvalue weighted by Crippen LogP contribution is -2.28. The Labute approximate surface area is 125 Å². The monoisotopic (exact) mass is 331 g/mol. The van der Waals surface area contributed by atoms with E-state index in [1.54, 1.807) is 6.92 Å². The molecule has 0 radical (unpaired) electrons. The number of alkyl halides is 3. The molecular weight excluding hydrogens is 315 g/mol. The highest BCUT2D eigenvalue weighted by Crippen LogP contribution is 2.30. The fourth-order valence-electron chi connectivity index (χ4n) is 1.35. The predicted octanol–water partition coefficient (Wildman–Crippen LogP) is 2.67. The molecule has 2 N–H and O–H groups in total. The van der Waals surface area contributed by atoms with Gasteiger partial charge in [0.05, 0.1) is 6.54 Å². The van der Waals surface area contributed by atoms with Crippen molar-refractivity contribution in [2.45, 2.75) is 38.5 Å². The molecule has 1 aromatic heterocycles. The SMILES string of the molecule is CC(N)CCC(=O)N(C)Cc1nc(C(F)(F)F)cs1.Cl. The van der Waals surface area contributed by atoms with Crippen LogP contribution in [0.15, 0.2) is 5.38 Å². The molecule has 0 fully saturated rings. The molecule has 0 aromatic carbocycles. The molecule has 0 saturated heterocycles. The molecule has 0 bridgehead atoms. The molecule has 0 spiro atoms. The van der Waals surface area contributed by atoms with E-state index < -0.39 is 11.9 Å². The van der Waals surface area contributed by atoms with Gasteiger partial charge in [-0.25, -0.2) is 4.98 Å². The minimum absolute atomic E-state index is 0. The van der Waals surface area contributed by atoms with Gasteiger partial charge in [0.2, 0.25) is 5.91 Å². The molecule has 1 unspecified atom stereocenters. The first kappa shape index (κ1) is 19.1. The molecule has 1 amide bonds. The average Bonchev–Trinajstić information content (AvgIpc) is 2.73. The van der Waals surface area contributed by atoms with Gasteiger partial charge in [0.1, 0.15) is 5.01 Å². The third-order valence-electron chi connectivity index (χ3n) is 2.45. The van der Waals surface area contributed by atoms with Crippen LogP contribution in [0.2, 0.25) is 0 Å². The van der Waals surface area contributed by atoms with Crippen LogP contribution in [0, 0.1) is 0 Å². The second-order valence-electron chi connectivity index (χ2n) is 4.39. The summed E-state index contributed by atoms with van der Waals surface area (Å²) in [6.45, 7) is 1.88. The number of nitrogens with zero attached hydrogens (tertiary/aromatic N) is 2. The van der Waals surface area contributed by atoms with Crippen molar-refractivity contribution < 1.29 is 18.0 Å². The summed E-state index contributed by atoms with van der Waals surface area (Å²) in [7, 11) is 1.54. The van der Waals surface area contributed by atoms with Crippen molar-refractivity contribution in [2.24, 2.45) is 5.73 Å². The highest BCUT2D eigenvalue weighted by Gasteiger charge is 2.33. The Balaban J connectivity index is 0.00000361. The van der Waals surface area contributed by atoms with Crippen LogP contribution in [0.25, 0.3) is 0 Å². The van der Waals surface area contributed by atoms with Crippen molar-refractivity contribution in [1.29, 1.82) is 0 Å². The Morgan fingerprint density at radius 3 is 2.60 bits per heavy atom. The van der Waals surface area contributed by atoms with Gasteiger partial charge in [-0.2, -0.15) is 13.2 Å². The molecule has 0 aliphatic carbocycles. The van der Waals surface area contributed by atoms with Gasteiger partial charge >= 0.3 is 6.18 Å². The summed E-state index contributed by atoms with van der Waals surface area (Å²) in [5.41, 5.74) is 4.63. The van der Waals surface area contributed by atoms with E-state index in [0.717, 1.165) is 16.7 Å². The Morgan fingerprint density at radius 2 is 2.15 bits per heavy atom. The quantitative estimate of drug-likeness (QED) is 0.902. The average molecular weight is 332 g/mol. The van der Waals surface area contributed by atoms with Gasteiger partial charge in [0.25, 0.3) is 0 Å². The smallest absolute Gasteiger partial charge is 0.339 e. The van der Waals surface area contributed by atoms with Crippen LogP contribution in [0.4, 0.5) is 13.2 Å². The van der Waals surface area contributed by atoms with Crippen LogP contribution in [0.3, 0.4) is 0 Å². The summed E-state index contributed by atoms with van der Waals surface area (Å²) in [5, 5.41) is 1.22. The lowest BCUT2D eigenvalue weighted by atomic mass is 10.2. The molecule has 0 aliphatic heterocycles. The highest BCUT2D eigenvalue weighted by molar-refractivity contribution is 7.09. The van der Waals surface area contributed by atoms with Gasteiger partial charge in [-0.1, -0.05) is 0 Å². The maximum atomic E-state index is 12.4. The summed E-state index contributed by atoms with van der Waals surface area (Å²) in [4.78, 5) is 16.5. The van der Waals surface area contributed by atoms with Crippen molar-refractivity contribution in [2.75, 3.05) is 7.05 Å². The third kappa shape index (κ3) is 6.06. The Bertz CT molecular complexity index is 437. The Hall–Kier alpha value is -0.860. The molecule has 0 aliphatic rings. The largest absolute Gasteiger partial charge is 0.434 e. The van der Waals surface area contributed by atoms with E-state index in [1.807, 2.05) is 0 Å². The summed E-state index contributed by atoms with van der Waals surface area (Å²) >= 11 is 0.897. The van der Waals surface area contributed by atoms with E-state index in [9.17, 15) is 18.0 Å². The van der Waals surface area contributed by atoms with Gasteiger partial charge < -0.3 is 10.6 Å². The highest BCUT2D eigenvalue weighted by atomic mass is 35.5. The number of amides is 1. The van der Waals surface area contributed by atoms with E-state index in [1.165, 1.54) is 11.9 Å².